The van der Waals surface area contributed by atoms with Crippen molar-refractivity contribution in [1.29, 1.82) is 0 Å². The normalized spacial score (nSPS) is 19.1. The Morgan fingerprint density at radius 3 is 2.72 bits per heavy atom. The second-order valence-electron chi connectivity index (χ2n) is 4.49. The fraction of sp³-hybridized carbons (Fsp3) is 0.385. The van der Waals surface area contributed by atoms with Gasteiger partial charge in [-0.25, -0.2) is 0 Å². The molecule has 1 aromatic rings. The number of rotatable bonds is 3. The Bertz CT molecular complexity index is 459. The standard InChI is InChI=1S/C13H15ClN2O2/c1-9(17)15-7-10-6-13(18)16(8-10)12-4-2-11(14)3-5-12/h2-5,10H,6-8H2,1H3,(H,15,17). The van der Waals surface area contributed by atoms with Crippen LogP contribution in [-0.2, 0) is 9.59 Å². The van der Waals surface area contributed by atoms with Crippen molar-refractivity contribution in [3.63, 3.8) is 0 Å². The van der Waals surface area contributed by atoms with Crippen molar-refractivity contribution in [2.75, 3.05) is 18.0 Å². The molecule has 1 N–H and O–H groups in total. The van der Waals surface area contributed by atoms with E-state index in [-0.39, 0.29) is 17.7 Å². The van der Waals surface area contributed by atoms with E-state index in [1.807, 2.05) is 12.1 Å². The number of carbonyl (C=O) groups excluding carboxylic acids is 2. The van der Waals surface area contributed by atoms with E-state index in [0.717, 1.165) is 5.69 Å². The molecule has 1 aliphatic rings. The number of benzene rings is 1. The third kappa shape index (κ3) is 3.01. The minimum Gasteiger partial charge on any atom is -0.356 e. The summed E-state index contributed by atoms with van der Waals surface area (Å²) in [4.78, 5) is 24.5. The summed E-state index contributed by atoms with van der Waals surface area (Å²) in [6.07, 6.45) is 0.475. The van der Waals surface area contributed by atoms with Crippen molar-refractivity contribution in [1.82, 2.24) is 5.32 Å². The monoisotopic (exact) mass is 266 g/mol. The van der Waals surface area contributed by atoms with Crippen molar-refractivity contribution in [3.8, 4) is 0 Å². The Labute approximate surface area is 111 Å². The van der Waals surface area contributed by atoms with Crippen LogP contribution in [0.25, 0.3) is 0 Å². The van der Waals surface area contributed by atoms with Gasteiger partial charge >= 0.3 is 0 Å². The molecule has 1 aromatic carbocycles. The van der Waals surface area contributed by atoms with E-state index in [1.54, 1.807) is 17.0 Å². The van der Waals surface area contributed by atoms with Gasteiger partial charge in [-0.3, -0.25) is 9.59 Å². The summed E-state index contributed by atoms with van der Waals surface area (Å²) in [5, 5.41) is 3.40. The van der Waals surface area contributed by atoms with Gasteiger partial charge in [0.25, 0.3) is 0 Å². The maximum absolute atomic E-state index is 11.9. The first kappa shape index (κ1) is 12.9. The largest absolute Gasteiger partial charge is 0.356 e. The average molecular weight is 267 g/mol. The molecular weight excluding hydrogens is 252 g/mol. The summed E-state index contributed by atoms with van der Waals surface area (Å²) < 4.78 is 0. The zero-order valence-corrected chi connectivity index (χ0v) is 10.9. The minimum atomic E-state index is -0.0626. The van der Waals surface area contributed by atoms with Gasteiger partial charge in [0.2, 0.25) is 11.8 Å². The van der Waals surface area contributed by atoms with Crippen molar-refractivity contribution in [2.45, 2.75) is 13.3 Å². The van der Waals surface area contributed by atoms with Gasteiger partial charge in [-0.15, -0.1) is 0 Å². The maximum atomic E-state index is 11.9. The highest BCUT2D eigenvalue weighted by molar-refractivity contribution is 6.30. The molecule has 1 saturated heterocycles. The first-order chi connectivity index (χ1) is 8.56. The van der Waals surface area contributed by atoms with Gasteiger partial charge in [0, 0.05) is 43.1 Å². The quantitative estimate of drug-likeness (QED) is 0.907. The predicted octanol–water partition coefficient (Wildman–Crippen LogP) is 1.83. The fourth-order valence-corrected chi connectivity index (χ4v) is 2.20. The van der Waals surface area contributed by atoms with Crippen LogP contribution in [-0.4, -0.2) is 24.9 Å². The van der Waals surface area contributed by atoms with Crippen LogP contribution in [0.2, 0.25) is 5.02 Å². The molecule has 96 valence electrons. The van der Waals surface area contributed by atoms with Crippen molar-refractivity contribution < 1.29 is 9.59 Å². The Balaban J connectivity index is 2.00. The van der Waals surface area contributed by atoms with E-state index in [2.05, 4.69) is 5.32 Å². The number of carbonyl (C=O) groups is 2. The molecule has 0 aromatic heterocycles. The molecule has 1 aliphatic heterocycles. The van der Waals surface area contributed by atoms with E-state index in [1.165, 1.54) is 6.92 Å². The van der Waals surface area contributed by atoms with Gasteiger partial charge in [0.05, 0.1) is 0 Å². The lowest BCUT2D eigenvalue weighted by Crippen LogP contribution is -2.29. The number of nitrogens with zero attached hydrogens (tertiary/aromatic N) is 1. The summed E-state index contributed by atoms with van der Waals surface area (Å²) in [6.45, 7) is 2.67. The molecule has 0 aliphatic carbocycles. The lowest BCUT2D eigenvalue weighted by Gasteiger charge is -2.16. The molecule has 0 radical (unpaired) electrons. The molecule has 1 heterocycles. The second-order valence-corrected chi connectivity index (χ2v) is 4.92. The van der Waals surface area contributed by atoms with Crippen LogP contribution in [0.5, 0.6) is 0 Å². The molecule has 18 heavy (non-hydrogen) atoms. The number of hydrogen-bond acceptors (Lipinski definition) is 2. The number of amides is 2. The molecule has 0 bridgehead atoms. The van der Waals surface area contributed by atoms with Crippen LogP contribution < -0.4 is 10.2 Å². The van der Waals surface area contributed by atoms with Gasteiger partial charge < -0.3 is 10.2 Å². The van der Waals surface area contributed by atoms with Gasteiger partial charge in [0.15, 0.2) is 0 Å². The molecule has 4 nitrogen and oxygen atoms in total. The molecule has 0 spiro atoms. The van der Waals surface area contributed by atoms with Crippen LogP contribution in [0.4, 0.5) is 5.69 Å². The van der Waals surface area contributed by atoms with Gasteiger partial charge in [-0.2, -0.15) is 0 Å². The first-order valence-electron chi connectivity index (χ1n) is 5.86. The maximum Gasteiger partial charge on any atom is 0.227 e. The summed E-state index contributed by atoms with van der Waals surface area (Å²) >= 11 is 5.82. The summed E-state index contributed by atoms with van der Waals surface area (Å²) in [5.41, 5.74) is 0.856. The highest BCUT2D eigenvalue weighted by Crippen LogP contribution is 2.25. The summed E-state index contributed by atoms with van der Waals surface area (Å²) in [6, 6.07) is 7.21. The topological polar surface area (TPSA) is 49.4 Å². The Hall–Kier alpha value is -1.55. The Kier molecular flexibility index (Phi) is 3.87. The molecule has 1 atom stereocenters. The SMILES string of the molecule is CC(=O)NCC1CC(=O)N(c2ccc(Cl)cc2)C1. The highest BCUT2D eigenvalue weighted by Gasteiger charge is 2.30. The number of nitrogens with one attached hydrogen (secondary N) is 1. The lowest BCUT2D eigenvalue weighted by atomic mass is 10.1. The van der Waals surface area contributed by atoms with Gasteiger partial charge in [-0.05, 0) is 24.3 Å². The third-order valence-electron chi connectivity index (χ3n) is 2.98. The molecule has 1 fully saturated rings. The summed E-state index contributed by atoms with van der Waals surface area (Å²) in [5.74, 6) is 0.206. The number of anilines is 1. The first-order valence-corrected chi connectivity index (χ1v) is 6.24. The van der Waals surface area contributed by atoms with Crippen LogP contribution in [0.15, 0.2) is 24.3 Å². The van der Waals surface area contributed by atoms with Crippen molar-refractivity contribution in [2.24, 2.45) is 5.92 Å². The predicted molar refractivity (Wildman–Crippen MR) is 70.6 cm³/mol. The molecule has 5 heteroatoms. The van der Waals surface area contributed by atoms with Gasteiger partial charge in [0.1, 0.15) is 0 Å². The van der Waals surface area contributed by atoms with E-state index in [4.69, 9.17) is 11.6 Å². The Morgan fingerprint density at radius 2 is 2.11 bits per heavy atom. The average Bonchev–Trinajstić information content (AvgIpc) is 2.69. The Morgan fingerprint density at radius 1 is 1.44 bits per heavy atom. The van der Waals surface area contributed by atoms with E-state index in [0.29, 0.717) is 24.5 Å². The zero-order chi connectivity index (χ0) is 13.1. The molecular formula is C13H15ClN2O2. The lowest BCUT2D eigenvalue weighted by molar-refractivity contribution is -0.120. The minimum absolute atomic E-state index is 0.0626. The summed E-state index contributed by atoms with van der Waals surface area (Å²) in [7, 11) is 0. The second kappa shape index (κ2) is 5.40. The highest BCUT2D eigenvalue weighted by atomic mass is 35.5. The number of halogens is 1. The van der Waals surface area contributed by atoms with Crippen LogP contribution >= 0.6 is 11.6 Å². The van der Waals surface area contributed by atoms with Gasteiger partial charge in [-0.1, -0.05) is 11.6 Å². The van der Waals surface area contributed by atoms with Crippen molar-refractivity contribution in [3.05, 3.63) is 29.3 Å². The molecule has 0 saturated carbocycles. The van der Waals surface area contributed by atoms with Crippen LogP contribution in [0.1, 0.15) is 13.3 Å². The fourth-order valence-electron chi connectivity index (χ4n) is 2.08. The third-order valence-corrected chi connectivity index (χ3v) is 3.24. The number of hydrogen-bond donors (Lipinski definition) is 1. The molecule has 2 rings (SSSR count). The smallest absolute Gasteiger partial charge is 0.227 e. The molecule has 1 unspecified atom stereocenters. The van der Waals surface area contributed by atoms with Crippen molar-refractivity contribution >= 4 is 29.1 Å². The zero-order valence-electron chi connectivity index (χ0n) is 10.1. The van der Waals surface area contributed by atoms with E-state index < -0.39 is 0 Å². The van der Waals surface area contributed by atoms with E-state index in [9.17, 15) is 9.59 Å². The van der Waals surface area contributed by atoms with E-state index >= 15 is 0 Å². The van der Waals surface area contributed by atoms with Crippen LogP contribution in [0.3, 0.4) is 0 Å². The molecule has 2 amide bonds. The van der Waals surface area contributed by atoms with Crippen LogP contribution in [0, 0.1) is 5.92 Å².